The molecule has 0 aliphatic heterocycles. The maximum atomic E-state index is 12.6. The Morgan fingerprint density at radius 3 is 1.51 bits per heavy atom. The number of phosphoric acid groups is 1. The van der Waals surface area contributed by atoms with Crippen LogP contribution >= 0.6 is 7.82 Å². The monoisotopic (exact) mass is 746 g/mol. The highest BCUT2D eigenvalue weighted by Crippen LogP contribution is 2.38. The minimum Gasteiger partial charge on any atom is -0.756 e. The van der Waals surface area contributed by atoms with Gasteiger partial charge in [0, 0.05) is 12.8 Å². The number of nitrogens with zero attached hydrogens (tertiary/aromatic N) is 1. The molecule has 10 heteroatoms. The fraction of sp³-hybridized carbons (Fsp3) is 0.902. The van der Waals surface area contributed by atoms with Crippen molar-refractivity contribution < 1.29 is 42.1 Å². The van der Waals surface area contributed by atoms with E-state index < -0.39 is 32.5 Å². The minimum atomic E-state index is -4.62. The summed E-state index contributed by atoms with van der Waals surface area (Å²) >= 11 is 0. The number of unbranched alkanes of at least 4 members (excludes halogenated alkanes) is 22. The van der Waals surface area contributed by atoms with E-state index in [0.29, 0.717) is 17.4 Å². The Morgan fingerprint density at radius 1 is 0.588 bits per heavy atom. The van der Waals surface area contributed by atoms with Gasteiger partial charge in [-0.15, -0.1) is 0 Å². The van der Waals surface area contributed by atoms with E-state index in [9.17, 15) is 19.0 Å². The van der Waals surface area contributed by atoms with Crippen LogP contribution in [0.3, 0.4) is 0 Å². The lowest BCUT2D eigenvalue weighted by Crippen LogP contribution is -2.37. The van der Waals surface area contributed by atoms with Gasteiger partial charge in [-0.25, -0.2) is 0 Å². The molecule has 9 nitrogen and oxygen atoms in total. The van der Waals surface area contributed by atoms with E-state index in [1.807, 2.05) is 21.1 Å². The highest BCUT2D eigenvalue weighted by Gasteiger charge is 2.21. The summed E-state index contributed by atoms with van der Waals surface area (Å²) in [4.78, 5) is 37.4. The van der Waals surface area contributed by atoms with Crippen molar-refractivity contribution >= 4 is 19.8 Å². The highest BCUT2D eigenvalue weighted by molar-refractivity contribution is 7.45. The molecule has 2 atom stereocenters. The van der Waals surface area contributed by atoms with Crippen LogP contribution in [0.5, 0.6) is 0 Å². The van der Waals surface area contributed by atoms with Crippen molar-refractivity contribution in [2.75, 3.05) is 47.5 Å². The van der Waals surface area contributed by atoms with Crippen molar-refractivity contribution in [1.29, 1.82) is 0 Å². The van der Waals surface area contributed by atoms with Crippen LogP contribution in [-0.4, -0.2) is 70.0 Å². The molecule has 302 valence electrons. The molecule has 0 saturated carbocycles. The number of quaternary nitrogens is 1. The molecule has 0 amide bonds. The molecule has 0 aromatic heterocycles. The molecule has 0 rings (SSSR count). The molecular weight excluding hydrogens is 665 g/mol. The zero-order valence-electron chi connectivity index (χ0n) is 33.8. The lowest BCUT2D eigenvalue weighted by atomic mass is 10.0. The average molecular weight is 746 g/mol. The van der Waals surface area contributed by atoms with Crippen molar-refractivity contribution in [3.8, 4) is 0 Å². The summed E-state index contributed by atoms with van der Waals surface area (Å²) in [5.41, 5.74) is 0. The second-order valence-electron chi connectivity index (χ2n) is 15.4. The third kappa shape index (κ3) is 38.3. The van der Waals surface area contributed by atoms with Crippen LogP contribution in [0.25, 0.3) is 0 Å². The quantitative estimate of drug-likeness (QED) is 0.0202. The Hall–Kier alpha value is -1.25. The van der Waals surface area contributed by atoms with E-state index in [1.54, 1.807) is 0 Å². The third-order valence-corrected chi connectivity index (χ3v) is 10.00. The second-order valence-corrected chi connectivity index (χ2v) is 16.8. The standard InChI is InChI=1S/C41H80NO8P/c1-6-8-10-12-14-16-18-19-20-21-22-24-26-28-30-32-34-41(44)50-39(38-49-51(45,46)48-36-35-42(3,4)5)37-47-40(43)33-31-29-27-25-23-17-15-13-11-9-7-2/h13,15,39H,6-12,14,16-38H2,1-5H3/b15-13+/t39-/m1/s1. The Morgan fingerprint density at radius 2 is 1.02 bits per heavy atom. The van der Waals surface area contributed by atoms with Gasteiger partial charge in [-0.3, -0.25) is 14.2 Å². The van der Waals surface area contributed by atoms with Crippen molar-refractivity contribution in [3.63, 3.8) is 0 Å². The zero-order chi connectivity index (χ0) is 37.9. The first-order valence-electron chi connectivity index (χ1n) is 20.9. The molecule has 0 aliphatic carbocycles. The van der Waals surface area contributed by atoms with Gasteiger partial charge in [-0.1, -0.05) is 154 Å². The molecule has 0 spiro atoms. The van der Waals surface area contributed by atoms with Crippen molar-refractivity contribution in [1.82, 2.24) is 0 Å². The smallest absolute Gasteiger partial charge is 0.306 e. The van der Waals surface area contributed by atoms with Gasteiger partial charge < -0.3 is 27.9 Å². The molecule has 0 bridgehead atoms. The Balaban J connectivity index is 4.35. The number of phosphoric ester groups is 1. The molecule has 0 heterocycles. The molecule has 0 radical (unpaired) electrons. The van der Waals surface area contributed by atoms with Crippen LogP contribution in [-0.2, 0) is 32.7 Å². The molecule has 0 aliphatic rings. The van der Waals surface area contributed by atoms with Crippen LogP contribution in [0.1, 0.15) is 187 Å². The van der Waals surface area contributed by atoms with Gasteiger partial charge in [0.05, 0.1) is 27.7 Å². The first kappa shape index (κ1) is 49.8. The molecule has 0 aromatic rings. The number of carbonyl (C=O) groups excluding carboxylic acids is 2. The Bertz CT molecular complexity index is 891. The van der Waals surface area contributed by atoms with Gasteiger partial charge in [0.25, 0.3) is 7.82 Å². The van der Waals surface area contributed by atoms with Gasteiger partial charge in [0.2, 0.25) is 0 Å². The third-order valence-electron chi connectivity index (χ3n) is 9.04. The van der Waals surface area contributed by atoms with Gasteiger partial charge in [0.15, 0.2) is 6.10 Å². The van der Waals surface area contributed by atoms with E-state index in [4.69, 9.17) is 18.5 Å². The van der Waals surface area contributed by atoms with Gasteiger partial charge in [0.1, 0.15) is 19.8 Å². The first-order valence-corrected chi connectivity index (χ1v) is 22.4. The van der Waals surface area contributed by atoms with E-state index in [-0.39, 0.29) is 26.1 Å². The zero-order valence-corrected chi connectivity index (χ0v) is 34.7. The van der Waals surface area contributed by atoms with Crippen molar-refractivity contribution in [2.45, 2.75) is 193 Å². The number of hydrogen-bond acceptors (Lipinski definition) is 8. The SMILES string of the molecule is CCCC/C=C/CCCCCCCC(=O)OC[C@H](COP(=O)([O-])OCC[N+](C)(C)C)OC(=O)CCCCCCCCCCCCCCCCCC. The predicted octanol–water partition coefficient (Wildman–Crippen LogP) is 10.8. The molecule has 0 aromatic carbocycles. The van der Waals surface area contributed by atoms with Gasteiger partial charge >= 0.3 is 11.9 Å². The molecular formula is C41H80NO8P. The number of likely N-dealkylation sites (N-methyl/N-ethyl adjacent to an activating group) is 1. The number of allylic oxidation sites excluding steroid dienone is 2. The van der Waals surface area contributed by atoms with E-state index in [1.165, 1.54) is 96.3 Å². The molecule has 0 N–H and O–H groups in total. The number of ether oxygens (including phenoxy) is 2. The van der Waals surface area contributed by atoms with Crippen LogP contribution in [0.4, 0.5) is 0 Å². The predicted molar refractivity (Wildman–Crippen MR) is 208 cm³/mol. The lowest BCUT2D eigenvalue weighted by molar-refractivity contribution is -0.870. The minimum absolute atomic E-state index is 0.0291. The average Bonchev–Trinajstić information content (AvgIpc) is 3.07. The summed E-state index contributed by atoms with van der Waals surface area (Å²) in [6.07, 6.45) is 33.8. The van der Waals surface area contributed by atoms with Crippen LogP contribution < -0.4 is 4.89 Å². The number of rotatable bonds is 38. The maximum absolute atomic E-state index is 12.6. The largest absolute Gasteiger partial charge is 0.756 e. The summed E-state index contributed by atoms with van der Waals surface area (Å²) in [6, 6.07) is 0. The summed E-state index contributed by atoms with van der Waals surface area (Å²) in [7, 11) is 1.17. The van der Waals surface area contributed by atoms with Crippen LogP contribution in [0, 0.1) is 0 Å². The van der Waals surface area contributed by atoms with Crippen LogP contribution in [0.15, 0.2) is 12.2 Å². The Labute approximate surface area is 314 Å². The Kier molecular flexibility index (Phi) is 33.7. The molecule has 0 fully saturated rings. The molecule has 1 unspecified atom stereocenters. The number of carbonyl (C=O) groups is 2. The van der Waals surface area contributed by atoms with E-state index in [0.717, 1.165) is 57.8 Å². The van der Waals surface area contributed by atoms with Gasteiger partial charge in [-0.2, -0.15) is 0 Å². The summed E-state index contributed by atoms with van der Waals surface area (Å²) in [5, 5.41) is 0. The highest BCUT2D eigenvalue weighted by atomic mass is 31.2. The summed E-state index contributed by atoms with van der Waals surface area (Å²) in [6.45, 7) is 4.19. The second kappa shape index (κ2) is 34.5. The van der Waals surface area contributed by atoms with E-state index in [2.05, 4.69) is 26.0 Å². The molecule has 0 saturated heterocycles. The number of hydrogen-bond donors (Lipinski definition) is 0. The van der Waals surface area contributed by atoms with E-state index >= 15 is 0 Å². The molecule has 51 heavy (non-hydrogen) atoms. The number of esters is 2. The first-order chi connectivity index (χ1) is 24.5. The lowest BCUT2D eigenvalue weighted by Gasteiger charge is -2.28. The normalized spacial score (nSPS) is 13.8. The summed E-state index contributed by atoms with van der Waals surface area (Å²) in [5.74, 6) is -0.839. The van der Waals surface area contributed by atoms with Gasteiger partial charge in [-0.05, 0) is 32.1 Å². The topological polar surface area (TPSA) is 111 Å². The van der Waals surface area contributed by atoms with Crippen LogP contribution in [0.2, 0.25) is 0 Å². The fourth-order valence-corrected chi connectivity index (χ4v) is 6.42. The fourth-order valence-electron chi connectivity index (χ4n) is 5.69. The maximum Gasteiger partial charge on any atom is 0.306 e. The summed E-state index contributed by atoms with van der Waals surface area (Å²) < 4.78 is 33.8. The van der Waals surface area contributed by atoms with Crippen molar-refractivity contribution in [3.05, 3.63) is 12.2 Å². The van der Waals surface area contributed by atoms with Crippen molar-refractivity contribution in [2.24, 2.45) is 0 Å².